The van der Waals surface area contributed by atoms with E-state index < -0.39 is 23.5 Å². The Balaban J connectivity index is 2.15. The molecule has 1 amide bonds. The molecule has 0 atom stereocenters. The minimum Gasteiger partial charge on any atom is -0.337 e. The van der Waals surface area contributed by atoms with Gasteiger partial charge in [0.2, 0.25) is 0 Å². The molecule has 0 radical (unpaired) electrons. The molecule has 0 aliphatic rings. The molecule has 0 saturated carbocycles. The molecule has 2 aromatic carbocycles. The summed E-state index contributed by atoms with van der Waals surface area (Å²) < 4.78 is 50.8. The van der Waals surface area contributed by atoms with Gasteiger partial charge in [0.1, 0.15) is 5.82 Å². The van der Waals surface area contributed by atoms with Crippen LogP contribution in [0.5, 0.6) is 0 Å². The fourth-order valence-electron chi connectivity index (χ4n) is 1.98. The third-order valence-electron chi connectivity index (χ3n) is 3.12. The van der Waals surface area contributed by atoms with E-state index in [1.165, 1.54) is 48.3 Å². The average Bonchev–Trinajstić information content (AvgIpc) is 2.48. The van der Waals surface area contributed by atoms with Crippen LogP contribution < -0.4 is 0 Å². The van der Waals surface area contributed by atoms with Crippen LogP contribution in [0.3, 0.4) is 0 Å². The van der Waals surface area contributed by atoms with Crippen LogP contribution in [0.1, 0.15) is 21.5 Å². The van der Waals surface area contributed by atoms with E-state index in [-0.39, 0.29) is 12.1 Å². The third kappa shape index (κ3) is 3.84. The number of hydrogen-bond acceptors (Lipinski definition) is 1. The second kappa shape index (κ2) is 6.17. The summed E-state index contributed by atoms with van der Waals surface area (Å²) in [6, 6.07) is 9.83. The van der Waals surface area contributed by atoms with Crippen molar-refractivity contribution in [3.63, 3.8) is 0 Å². The second-order valence-electron chi connectivity index (χ2n) is 4.87. The van der Waals surface area contributed by atoms with E-state index in [1.807, 2.05) is 0 Å². The monoisotopic (exact) mass is 311 g/mol. The Morgan fingerprint density at radius 1 is 1.09 bits per heavy atom. The van der Waals surface area contributed by atoms with Gasteiger partial charge in [-0.05, 0) is 35.9 Å². The quantitative estimate of drug-likeness (QED) is 0.781. The van der Waals surface area contributed by atoms with Gasteiger partial charge in [0.05, 0.1) is 5.56 Å². The molecule has 116 valence electrons. The second-order valence-corrected chi connectivity index (χ2v) is 4.87. The standard InChI is InChI=1S/C16H13F4NO/c1-21(10-11-5-7-14(17)8-6-11)15(22)12-3-2-4-13(9-12)16(18,19)20/h2-9H,10H2,1H3. The number of benzene rings is 2. The predicted molar refractivity (Wildman–Crippen MR) is 73.6 cm³/mol. The number of rotatable bonds is 3. The van der Waals surface area contributed by atoms with E-state index in [0.29, 0.717) is 5.56 Å². The van der Waals surface area contributed by atoms with Crippen molar-refractivity contribution in [3.05, 3.63) is 71.0 Å². The fraction of sp³-hybridized carbons (Fsp3) is 0.188. The highest BCUT2D eigenvalue weighted by molar-refractivity contribution is 5.94. The Morgan fingerprint density at radius 2 is 1.73 bits per heavy atom. The average molecular weight is 311 g/mol. The van der Waals surface area contributed by atoms with E-state index in [1.54, 1.807) is 0 Å². The molecule has 6 heteroatoms. The molecule has 0 bridgehead atoms. The minimum absolute atomic E-state index is 0.0422. The Morgan fingerprint density at radius 3 is 2.32 bits per heavy atom. The Hall–Kier alpha value is -2.37. The zero-order valence-electron chi connectivity index (χ0n) is 11.7. The summed E-state index contributed by atoms with van der Waals surface area (Å²) in [6.07, 6.45) is -4.49. The summed E-state index contributed by atoms with van der Waals surface area (Å²) in [5.74, 6) is -0.925. The lowest BCUT2D eigenvalue weighted by Gasteiger charge is -2.18. The topological polar surface area (TPSA) is 20.3 Å². The van der Waals surface area contributed by atoms with Crippen LogP contribution in [0.15, 0.2) is 48.5 Å². The first-order valence-electron chi connectivity index (χ1n) is 6.44. The molecule has 0 spiro atoms. The smallest absolute Gasteiger partial charge is 0.337 e. The van der Waals surface area contributed by atoms with Gasteiger partial charge in [0.15, 0.2) is 0 Å². The zero-order chi connectivity index (χ0) is 16.3. The van der Waals surface area contributed by atoms with Crippen LogP contribution in [-0.4, -0.2) is 17.9 Å². The zero-order valence-corrected chi connectivity index (χ0v) is 11.7. The number of carbonyl (C=O) groups is 1. The van der Waals surface area contributed by atoms with Crippen molar-refractivity contribution >= 4 is 5.91 Å². The lowest BCUT2D eigenvalue weighted by atomic mass is 10.1. The van der Waals surface area contributed by atoms with Crippen LogP contribution in [0, 0.1) is 5.82 Å². The van der Waals surface area contributed by atoms with Gasteiger partial charge in [-0.25, -0.2) is 4.39 Å². The number of halogens is 4. The molecule has 0 unspecified atom stereocenters. The van der Waals surface area contributed by atoms with Gasteiger partial charge in [-0.1, -0.05) is 18.2 Å². The molecule has 2 rings (SSSR count). The highest BCUT2D eigenvalue weighted by Crippen LogP contribution is 2.29. The van der Waals surface area contributed by atoms with Crippen molar-refractivity contribution in [2.24, 2.45) is 0 Å². The Labute approximate surface area is 125 Å². The van der Waals surface area contributed by atoms with Gasteiger partial charge in [-0.2, -0.15) is 13.2 Å². The number of hydrogen-bond donors (Lipinski definition) is 0. The number of alkyl halides is 3. The maximum Gasteiger partial charge on any atom is 0.416 e. The lowest BCUT2D eigenvalue weighted by molar-refractivity contribution is -0.137. The van der Waals surface area contributed by atoms with Crippen LogP contribution >= 0.6 is 0 Å². The number of amides is 1. The first-order chi connectivity index (χ1) is 10.3. The molecule has 0 aromatic heterocycles. The highest BCUT2D eigenvalue weighted by atomic mass is 19.4. The predicted octanol–water partition coefficient (Wildman–Crippen LogP) is 4.12. The Kier molecular flexibility index (Phi) is 4.49. The van der Waals surface area contributed by atoms with Crippen molar-refractivity contribution in [1.29, 1.82) is 0 Å². The summed E-state index contributed by atoms with van der Waals surface area (Å²) >= 11 is 0. The molecule has 0 aliphatic heterocycles. The van der Waals surface area contributed by atoms with E-state index in [4.69, 9.17) is 0 Å². The first kappa shape index (κ1) is 16.0. The lowest BCUT2D eigenvalue weighted by Crippen LogP contribution is -2.26. The van der Waals surface area contributed by atoms with Crippen molar-refractivity contribution in [3.8, 4) is 0 Å². The van der Waals surface area contributed by atoms with E-state index >= 15 is 0 Å². The molecular formula is C16H13F4NO. The molecule has 22 heavy (non-hydrogen) atoms. The molecule has 0 fully saturated rings. The summed E-state index contributed by atoms with van der Waals surface area (Å²) in [5.41, 5.74) is -0.225. The van der Waals surface area contributed by atoms with E-state index in [2.05, 4.69) is 0 Å². The first-order valence-corrected chi connectivity index (χ1v) is 6.44. The minimum atomic E-state index is -4.49. The maximum atomic E-state index is 12.8. The molecule has 0 N–H and O–H groups in total. The molecule has 0 saturated heterocycles. The van der Waals surface area contributed by atoms with Gasteiger partial charge in [0, 0.05) is 19.2 Å². The summed E-state index contributed by atoms with van der Waals surface area (Å²) in [4.78, 5) is 13.5. The molecule has 0 aliphatic carbocycles. The van der Waals surface area contributed by atoms with Crippen LogP contribution in [0.25, 0.3) is 0 Å². The van der Waals surface area contributed by atoms with Crippen molar-refractivity contribution in [2.75, 3.05) is 7.05 Å². The molecule has 2 nitrogen and oxygen atoms in total. The van der Waals surface area contributed by atoms with Gasteiger partial charge in [0.25, 0.3) is 5.91 Å². The normalized spacial score (nSPS) is 11.3. The number of nitrogens with zero attached hydrogens (tertiary/aromatic N) is 1. The third-order valence-corrected chi connectivity index (χ3v) is 3.12. The van der Waals surface area contributed by atoms with Gasteiger partial charge >= 0.3 is 6.18 Å². The fourth-order valence-corrected chi connectivity index (χ4v) is 1.98. The molecule has 2 aromatic rings. The number of carbonyl (C=O) groups excluding carboxylic acids is 1. The SMILES string of the molecule is CN(Cc1ccc(F)cc1)C(=O)c1cccc(C(F)(F)F)c1. The largest absolute Gasteiger partial charge is 0.416 e. The van der Waals surface area contributed by atoms with Gasteiger partial charge < -0.3 is 4.90 Å². The molecular weight excluding hydrogens is 298 g/mol. The van der Waals surface area contributed by atoms with E-state index in [9.17, 15) is 22.4 Å². The van der Waals surface area contributed by atoms with Crippen molar-refractivity contribution in [2.45, 2.75) is 12.7 Å². The van der Waals surface area contributed by atoms with Gasteiger partial charge in [-0.3, -0.25) is 4.79 Å². The van der Waals surface area contributed by atoms with Crippen LogP contribution in [0.2, 0.25) is 0 Å². The van der Waals surface area contributed by atoms with E-state index in [0.717, 1.165) is 12.1 Å². The van der Waals surface area contributed by atoms with Crippen LogP contribution in [0.4, 0.5) is 17.6 Å². The maximum absolute atomic E-state index is 12.8. The van der Waals surface area contributed by atoms with Gasteiger partial charge in [-0.15, -0.1) is 0 Å². The van der Waals surface area contributed by atoms with Crippen LogP contribution in [-0.2, 0) is 12.7 Å². The highest BCUT2D eigenvalue weighted by Gasteiger charge is 2.31. The molecule has 0 heterocycles. The summed E-state index contributed by atoms with van der Waals surface area (Å²) in [7, 11) is 1.48. The Bertz CT molecular complexity index is 665. The van der Waals surface area contributed by atoms with Crippen molar-refractivity contribution in [1.82, 2.24) is 4.90 Å². The van der Waals surface area contributed by atoms with Crippen molar-refractivity contribution < 1.29 is 22.4 Å². The summed E-state index contributed by atoms with van der Waals surface area (Å²) in [6.45, 7) is 0.176. The summed E-state index contributed by atoms with van der Waals surface area (Å²) in [5, 5.41) is 0.